The molecule has 9 heteroatoms. The van der Waals surface area contributed by atoms with Gasteiger partial charge in [-0.3, -0.25) is 4.79 Å². The number of fused-ring (bicyclic) bond motifs is 1. The Morgan fingerprint density at radius 2 is 2.19 bits per heavy atom. The lowest BCUT2D eigenvalue weighted by molar-refractivity contribution is -0.0466. The Balaban J connectivity index is 1.58. The Labute approximate surface area is 164 Å². The summed E-state index contributed by atoms with van der Waals surface area (Å²) in [6, 6.07) is 5.38. The maximum absolute atomic E-state index is 13.0. The van der Waals surface area contributed by atoms with Crippen molar-refractivity contribution in [2.75, 3.05) is 17.7 Å². The first-order valence-electron chi connectivity index (χ1n) is 8.59. The van der Waals surface area contributed by atoms with Gasteiger partial charge in [0.2, 0.25) is 0 Å². The van der Waals surface area contributed by atoms with E-state index in [-0.39, 0.29) is 23.7 Å². The number of carbonyl (C=O) groups is 1. The van der Waals surface area contributed by atoms with Gasteiger partial charge < -0.3 is 15.8 Å². The molecule has 2 aromatic rings. The van der Waals surface area contributed by atoms with Crippen LogP contribution in [-0.4, -0.2) is 34.5 Å². The van der Waals surface area contributed by atoms with E-state index in [1.54, 1.807) is 17.1 Å². The van der Waals surface area contributed by atoms with Crippen LogP contribution in [-0.2, 0) is 10.3 Å². The molecule has 2 aliphatic rings. The number of halogens is 1. The van der Waals surface area contributed by atoms with E-state index in [1.807, 2.05) is 0 Å². The molecule has 1 aromatic carbocycles. The van der Waals surface area contributed by atoms with E-state index in [4.69, 9.17) is 15.5 Å². The van der Waals surface area contributed by atoms with Gasteiger partial charge in [0.25, 0.3) is 5.91 Å². The molecule has 1 aromatic heterocycles. The van der Waals surface area contributed by atoms with Gasteiger partial charge in [-0.25, -0.2) is 14.4 Å². The van der Waals surface area contributed by atoms with Gasteiger partial charge in [-0.05, 0) is 37.6 Å². The summed E-state index contributed by atoms with van der Waals surface area (Å²) in [5, 5.41) is 5.87. The molecule has 3 N–H and O–H groups in total. The Morgan fingerprint density at radius 1 is 1.41 bits per heavy atom. The number of aliphatic imine (C=N–C) groups is 1. The lowest BCUT2D eigenvalue weighted by Crippen LogP contribution is -2.49. The minimum Gasteiger partial charge on any atom is -0.379 e. The second kappa shape index (κ2) is 7.21. The number of carbonyl (C=O) groups excluding carboxylic acids is 1. The monoisotopic (exact) mass is 406 g/mol. The zero-order valence-corrected chi connectivity index (χ0v) is 16.3. The topological polar surface area (TPSA) is 89.6 Å². The Morgan fingerprint density at radius 3 is 2.96 bits per heavy atom. The predicted octanol–water partition coefficient (Wildman–Crippen LogP) is 3.22. The molecule has 6 nitrogen and oxygen atoms in total. The average Bonchev–Trinajstić information content (AvgIpc) is 3.11. The molecule has 3 heterocycles. The number of thioether (sulfide) groups is 1. The zero-order chi connectivity index (χ0) is 19.0. The number of amides is 1. The van der Waals surface area contributed by atoms with Gasteiger partial charge in [-0.15, -0.1) is 11.3 Å². The number of aromatic nitrogens is 1. The molecule has 0 bridgehead atoms. The summed E-state index contributed by atoms with van der Waals surface area (Å²) >= 11 is 3.00. The van der Waals surface area contributed by atoms with Crippen molar-refractivity contribution >= 4 is 40.0 Å². The molecule has 3 atom stereocenters. The normalized spacial score (nSPS) is 27.6. The predicted molar refractivity (Wildman–Crippen MR) is 106 cm³/mol. The fourth-order valence-electron chi connectivity index (χ4n) is 3.40. The van der Waals surface area contributed by atoms with Crippen LogP contribution in [0.1, 0.15) is 28.7 Å². The van der Waals surface area contributed by atoms with E-state index in [2.05, 4.69) is 17.2 Å². The van der Waals surface area contributed by atoms with Gasteiger partial charge in [0, 0.05) is 22.6 Å². The van der Waals surface area contributed by atoms with Crippen LogP contribution < -0.4 is 11.1 Å². The number of nitrogens with two attached hydrogens (primary N) is 1. The molecule has 2 aliphatic heterocycles. The molecule has 0 spiro atoms. The van der Waals surface area contributed by atoms with Crippen LogP contribution in [0, 0.1) is 11.7 Å². The largest absolute Gasteiger partial charge is 0.379 e. The van der Waals surface area contributed by atoms with E-state index < -0.39 is 5.54 Å². The molecule has 1 amide bonds. The second-order valence-corrected chi connectivity index (χ2v) is 8.64. The molecule has 142 valence electrons. The number of hydrogen-bond acceptors (Lipinski definition) is 7. The summed E-state index contributed by atoms with van der Waals surface area (Å²) in [6.07, 6.45) is 1.07. The first-order chi connectivity index (χ1) is 13.0. The zero-order valence-electron chi connectivity index (χ0n) is 14.6. The van der Waals surface area contributed by atoms with E-state index in [1.165, 1.54) is 35.6 Å². The molecule has 1 saturated heterocycles. The fraction of sp³-hybridized carbons (Fsp3) is 0.389. The molecule has 27 heavy (non-hydrogen) atoms. The molecule has 4 rings (SSSR count). The highest BCUT2D eigenvalue weighted by molar-refractivity contribution is 8.13. The molecule has 0 saturated carbocycles. The summed E-state index contributed by atoms with van der Waals surface area (Å²) < 4.78 is 18.9. The summed E-state index contributed by atoms with van der Waals surface area (Å²) in [5.41, 5.74) is 5.79. The van der Waals surface area contributed by atoms with Crippen molar-refractivity contribution in [1.82, 2.24) is 4.98 Å². The Kier molecular flexibility index (Phi) is 4.92. The maximum atomic E-state index is 13.0. The Hall–Kier alpha value is -1.97. The average molecular weight is 407 g/mol. The van der Waals surface area contributed by atoms with Crippen molar-refractivity contribution in [3.05, 3.63) is 46.0 Å². The van der Waals surface area contributed by atoms with Crippen molar-refractivity contribution in [1.29, 1.82) is 0 Å². The molecule has 1 fully saturated rings. The highest BCUT2D eigenvalue weighted by Gasteiger charge is 2.49. The third-order valence-electron chi connectivity index (χ3n) is 4.84. The highest BCUT2D eigenvalue weighted by atomic mass is 32.2. The first kappa shape index (κ1) is 18.4. The van der Waals surface area contributed by atoms with Gasteiger partial charge in [-0.2, -0.15) is 0 Å². The summed E-state index contributed by atoms with van der Waals surface area (Å²) in [5.74, 6) is 0.884. The third kappa shape index (κ3) is 3.59. The number of anilines is 1. The second-order valence-electron chi connectivity index (χ2n) is 6.74. The minimum atomic E-state index is -0.592. The van der Waals surface area contributed by atoms with Crippen LogP contribution in [0.5, 0.6) is 0 Å². The van der Waals surface area contributed by atoms with Gasteiger partial charge in [-0.1, -0.05) is 11.8 Å². The number of nitrogens with zero attached hydrogens (tertiary/aromatic N) is 2. The van der Waals surface area contributed by atoms with Crippen molar-refractivity contribution in [2.45, 2.75) is 25.0 Å². The van der Waals surface area contributed by atoms with Crippen LogP contribution in [0.4, 0.5) is 10.2 Å². The Bertz CT molecular complexity index is 886. The van der Waals surface area contributed by atoms with Crippen LogP contribution >= 0.6 is 23.1 Å². The maximum Gasteiger partial charge on any atom is 0.256 e. The number of rotatable bonds is 3. The lowest BCUT2D eigenvalue weighted by atomic mass is 9.80. The van der Waals surface area contributed by atoms with E-state index in [9.17, 15) is 9.18 Å². The summed E-state index contributed by atoms with van der Waals surface area (Å²) in [4.78, 5) is 21.7. The number of benzene rings is 1. The molecular weight excluding hydrogens is 387 g/mol. The van der Waals surface area contributed by atoms with Gasteiger partial charge in [0.05, 0.1) is 12.7 Å². The minimum absolute atomic E-state index is 0.177. The van der Waals surface area contributed by atoms with Gasteiger partial charge in [0.1, 0.15) is 22.2 Å². The quantitative estimate of drug-likeness (QED) is 0.817. The summed E-state index contributed by atoms with van der Waals surface area (Å²) in [7, 11) is 0. The molecule has 1 unspecified atom stereocenters. The summed E-state index contributed by atoms with van der Waals surface area (Å²) in [6.45, 7) is 2.49. The lowest BCUT2D eigenvalue weighted by Gasteiger charge is -2.44. The first-order valence-corrected chi connectivity index (χ1v) is 10.5. The van der Waals surface area contributed by atoms with Crippen LogP contribution in [0.25, 0.3) is 0 Å². The van der Waals surface area contributed by atoms with Crippen LogP contribution in [0.15, 0.2) is 34.6 Å². The number of hydrogen-bond donors (Lipinski definition) is 2. The SMILES string of the molecule is C[C@H]1C[C@H]2CSC(N)=NC2(c2nc(NC(=O)c3ccc(F)cc3)cs2)CO1. The van der Waals surface area contributed by atoms with E-state index in [0.717, 1.165) is 17.2 Å². The third-order valence-corrected chi connectivity index (χ3v) is 6.81. The van der Waals surface area contributed by atoms with Gasteiger partial charge in [0.15, 0.2) is 5.17 Å². The number of nitrogens with one attached hydrogen (secondary N) is 1. The van der Waals surface area contributed by atoms with E-state index in [0.29, 0.717) is 23.2 Å². The molecular formula is C18H19FN4O2S2. The smallest absolute Gasteiger partial charge is 0.256 e. The van der Waals surface area contributed by atoms with Crippen molar-refractivity contribution in [3.63, 3.8) is 0 Å². The van der Waals surface area contributed by atoms with Gasteiger partial charge >= 0.3 is 0 Å². The molecule has 0 aliphatic carbocycles. The number of ether oxygens (including phenoxy) is 1. The fourth-order valence-corrected chi connectivity index (χ4v) is 5.37. The van der Waals surface area contributed by atoms with Crippen LogP contribution in [0.3, 0.4) is 0 Å². The highest BCUT2D eigenvalue weighted by Crippen LogP contribution is 2.46. The van der Waals surface area contributed by atoms with Crippen molar-refractivity contribution in [2.24, 2.45) is 16.6 Å². The number of amidine groups is 1. The van der Waals surface area contributed by atoms with Crippen LogP contribution in [0.2, 0.25) is 0 Å². The van der Waals surface area contributed by atoms with E-state index >= 15 is 0 Å². The van der Waals surface area contributed by atoms with Crippen molar-refractivity contribution in [3.8, 4) is 0 Å². The standard InChI is InChI=1S/C18H19FN4O2S2/c1-10-6-12-7-27-17(20)23-18(12,9-25-10)16-22-14(8-26-16)21-15(24)11-2-4-13(19)5-3-11/h2-5,8,10,12H,6-7,9H2,1H3,(H2,20,23)(H,21,24)/t10-,12-,18?/m0/s1. The van der Waals surface area contributed by atoms with Crippen molar-refractivity contribution < 1.29 is 13.9 Å². The molecule has 0 radical (unpaired) electrons. The number of thiazole rings is 1.